The summed E-state index contributed by atoms with van der Waals surface area (Å²) in [5.74, 6) is 2.63. The Morgan fingerprint density at radius 1 is 1.38 bits per heavy atom. The number of aromatic amines is 1. The van der Waals surface area contributed by atoms with Crippen molar-refractivity contribution >= 4 is 10.9 Å². The summed E-state index contributed by atoms with van der Waals surface area (Å²) in [4.78, 5) is 3.33. The van der Waals surface area contributed by atoms with Gasteiger partial charge in [0, 0.05) is 22.2 Å². The smallest absolute Gasteiger partial charge is 0.0456 e. The van der Waals surface area contributed by atoms with Crippen LogP contribution in [0.5, 0.6) is 0 Å². The molecule has 2 rings (SSSR count). The summed E-state index contributed by atoms with van der Waals surface area (Å²) in [5.41, 5.74) is 3.36. The van der Waals surface area contributed by atoms with Crippen LogP contribution in [0.4, 0.5) is 0 Å². The third-order valence-electron chi connectivity index (χ3n) is 2.22. The number of H-pyrrole nitrogens is 1. The van der Waals surface area contributed by atoms with E-state index in [1.807, 2.05) is 18.2 Å². The van der Waals surface area contributed by atoms with Crippen molar-refractivity contribution in [1.29, 1.82) is 0 Å². The van der Waals surface area contributed by atoms with Gasteiger partial charge in [-0.25, -0.2) is 0 Å². The number of rotatable bonds is 1. The monoisotopic (exact) mass is 169 g/mol. The maximum absolute atomic E-state index is 5.32. The Balaban J connectivity index is 2.65. The highest BCUT2D eigenvalue weighted by atomic mass is 14.7. The van der Waals surface area contributed by atoms with Gasteiger partial charge >= 0.3 is 0 Å². The van der Waals surface area contributed by atoms with Gasteiger partial charge in [-0.15, -0.1) is 6.42 Å². The molecule has 1 heteroatoms. The molecule has 1 heterocycles. The standard InChI is InChI=1S/C12H11N/c1-3-9-5-6-12-10(7-9)8-11(4-2)13-12/h1,5-8,13H,4H2,2H3. The second kappa shape index (κ2) is 2.99. The van der Waals surface area contributed by atoms with E-state index in [0.717, 1.165) is 17.5 Å². The molecule has 0 fully saturated rings. The van der Waals surface area contributed by atoms with E-state index in [1.165, 1.54) is 11.1 Å². The lowest BCUT2D eigenvalue weighted by Gasteiger charge is -1.90. The topological polar surface area (TPSA) is 15.8 Å². The Morgan fingerprint density at radius 2 is 2.23 bits per heavy atom. The largest absolute Gasteiger partial charge is 0.358 e. The maximum atomic E-state index is 5.32. The van der Waals surface area contributed by atoms with E-state index in [2.05, 4.69) is 23.9 Å². The van der Waals surface area contributed by atoms with Crippen LogP contribution in [0.3, 0.4) is 0 Å². The number of aromatic nitrogens is 1. The molecule has 1 N–H and O–H groups in total. The second-order valence-electron chi connectivity index (χ2n) is 3.09. The zero-order valence-electron chi connectivity index (χ0n) is 7.59. The van der Waals surface area contributed by atoms with Crippen LogP contribution < -0.4 is 0 Å². The Hall–Kier alpha value is -1.68. The normalized spacial score (nSPS) is 10.2. The van der Waals surface area contributed by atoms with Crippen LogP contribution in [0.25, 0.3) is 10.9 Å². The molecule has 0 radical (unpaired) electrons. The summed E-state index contributed by atoms with van der Waals surface area (Å²) >= 11 is 0. The Kier molecular flexibility index (Phi) is 1.83. The first kappa shape index (κ1) is 7.94. The van der Waals surface area contributed by atoms with E-state index in [4.69, 9.17) is 6.42 Å². The fourth-order valence-corrected chi connectivity index (χ4v) is 1.47. The van der Waals surface area contributed by atoms with Crippen LogP contribution in [0.1, 0.15) is 18.2 Å². The first-order valence-electron chi connectivity index (χ1n) is 4.41. The predicted molar refractivity (Wildman–Crippen MR) is 55.6 cm³/mol. The number of nitrogens with one attached hydrogen (secondary N) is 1. The molecule has 0 aliphatic heterocycles. The quantitative estimate of drug-likeness (QED) is 0.632. The van der Waals surface area contributed by atoms with Gasteiger partial charge in [0.05, 0.1) is 0 Å². The first-order valence-corrected chi connectivity index (χ1v) is 4.41. The third-order valence-corrected chi connectivity index (χ3v) is 2.22. The van der Waals surface area contributed by atoms with Crippen molar-refractivity contribution in [3.63, 3.8) is 0 Å². The van der Waals surface area contributed by atoms with Gasteiger partial charge in [0.15, 0.2) is 0 Å². The summed E-state index contributed by atoms with van der Waals surface area (Å²) in [7, 11) is 0. The average molecular weight is 169 g/mol. The van der Waals surface area contributed by atoms with E-state index in [-0.39, 0.29) is 0 Å². The van der Waals surface area contributed by atoms with E-state index in [0.29, 0.717) is 0 Å². The lowest BCUT2D eigenvalue weighted by atomic mass is 10.1. The molecule has 0 saturated heterocycles. The lowest BCUT2D eigenvalue weighted by molar-refractivity contribution is 1.07. The summed E-state index contributed by atoms with van der Waals surface area (Å²) in [6, 6.07) is 8.17. The minimum Gasteiger partial charge on any atom is -0.358 e. The van der Waals surface area contributed by atoms with Gasteiger partial charge in [0.1, 0.15) is 0 Å². The van der Waals surface area contributed by atoms with Crippen molar-refractivity contribution in [2.45, 2.75) is 13.3 Å². The van der Waals surface area contributed by atoms with Crippen molar-refractivity contribution in [3.05, 3.63) is 35.5 Å². The molecule has 64 valence electrons. The van der Waals surface area contributed by atoms with Crippen LogP contribution in [0.2, 0.25) is 0 Å². The number of hydrogen-bond donors (Lipinski definition) is 1. The molecule has 1 aromatic heterocycles. The number of terminal acetylenes is 1. The van der Waals surface area contributed by atoms with Crippen molar-refractivity contribution in [1.82, 2.24) is 4.98 Å². The molecule has 0 aliphatic carbocycles. The van der Waals surface area contributed by atoms with Gasteiger partial charge in [-0.3, -0.25) is 0 Å². The van der Waals surface area contributed by atoms with Gasteiger partial charge in [-0.05, 0) is 30.7 Å². The maximum Gasteiger partial charge on any atom is 0.0456 e. The summed E-state index contributed by atoms with van der Waals surface area (Å²) < 4.78 is 0. The fourth-order valence-electron chi connectivity index (χ4n) is 1.47. The highest BCUT2D eigenvalue weighted by Gasteiger charge is 1.98. The van der Waals surface area contributed by atoms with E-state index in [1.54, 1.807) is 0 Å². The Bertz CT molecular complexity index is 471. The van der Waals surface area contributed by atoms with E-state index < -0.39 is 0 Å². The molecule has 0 atom stereocenters. The molecule has 2 aromatic rings. The van der Waals surface area contributed by atoms with Crippen LogP contribution in [0.15, 0.2) is 24.3 Å². The van der Waals surface area contributed by atoms with Gasteiger partial charge in [-0.1, -0.05) is 12.8 Å². The molecule has 0 unspecified atom stereocenters. The van der Waals surface area contributed by atoms with Crippen molar-refractivity contribution in [2.24, 2.45) is 0 Å². The van der Waals surface area contributed by atoms with Gasteiger partial charge < -0.3 is 4.98 Å². The Morgan fingerprint density at radius 3 is 2.92 bits per heavy atom. The van der Waals surface area contributed by atoms with Gasteiger partial charge in [0.2, 0.25) is 0 Å². The van der Waals surface area contributed by atoms with Gasteiger partial charge in [-0.2, -0.15) is 0 Å². The minimum absolute atomic E-state index is 0.939. The highest BCUT2D eigenvalue weighted by Crippen LogP contribution is 2.16. The molecule has 13 heavy (non-hydrogen) atoms. The molecule has 0 aliphatic rings. The molecule has 0 amide bonds. The zero-order chi connectivity index (χ0) is 9.26. The molecule has 0 saturated carbocycles. The number of benzene rings is 1. The van der Waals surface area contributed by atoms with E-state index in [9.17, 15) is 0 Å². The molecule has 0 bridgehead atoms. The molecular weight excluding hydrogens is 158 g/mol. The van der Waals surface area contributed by atoms with Crippen LogP contribution in [-0.4, -0.2) is 4.98 Å². The molecule has 1 aromatic carbocycles. The summed E-state index contributed by atoms with van der Waals surface area (Å²) in [5, 5.41) is 1.20. The molecular formula is C12H11N. The van der Waals surface area contributed by atoms with Crippen molar-refractivity contribution in [2.75, 3.05) is 0 Å². The average Bonchev–Trinajstić information content (AvgIpc) is 2.58. The number of aryl methyl sites for hydroxylation is 1. The van der Waals surface area contributed by atoms with Gasteiger partial charge in [0.25, 0.3) is 0 Å². The third kappa shape index (κ3) is 1.31. The zero-order valence-corrected chi connectivity index (χ0v) is 7.59. The first-order chi connectivity index (χ1) is 6.33. The number of hydrogen-bond acceptors (Lipinski definition) is 0. The summed E-state index contributed by atoms with van der Waals surface area (Å²) in [6.07, 6.45) is 6.35. The minimum atomic E-state index is 0.939. The number of fused-ring (bicyclic) bond motifs is 1. The molecule has 0 spiro atoms. The second-order valence-corrected chi connectivity index (χ2v) is 3.09. The van der Waals surface area contributed by atoms with Crippen LogP contribution in [0, 0.1) is 12.3 Å². The Labute approximate surface area is 77.8 Å². The van der Waals surface area contributed by atoms with Crippen molar-refractivity contribution in [3.8, 4) is 12.3 Å². The van der Waals surface area contributed by atoms with Crippen LogP contribution >= 0.6 is 0 Å². The fraction of sp³-hybridized carbons (Fsp3) is 0.167. The lowest BCUT2D eigenvalue weighted by Crippen LogP contribution is -1.75. The molecule has 1 nitrogen and oxygen atoms in total. The summed E-state index contributed by atoms with van der Waals surface area (Å²) in [6.45, 7) is 2.13. The van der Waals surface area contributed by atoms with Crippen molar-refractivity contribution < 1.29 is 0 Å². The predicted octanol–water partition coefficient (Wildman–Crippen LogP) is 2.71. The SMILES string of the molecule is C#Cc1ccc2[nH]c(CC)cc2c1. The van der Waals surface area contributed by atoms with Crippen LogP contribution in [-0.2, 0) is 6.42 Å². The van der Waals surface area contributed by atoms with E-state index >= 15 is 0 Å². The highest BCUT2D eigenvalue weighted by molar-refractivity contribution is 5.81.